The van der Waals surface area contributed by atoms with Crippen LogP contribution in [0.1, 0.15) is 12.5 Å². The number of rotatable bonds is 6. The van der Waals surface area contributed by atoms with Crippen molar-refractivity contribution in [2.24, 2.45) is 0 Å². The Morgan fingerprint density at radius 2 is 1.93 bits per heavy atom. The molecule has 1 N–H and O–H groups in total. The maximum atomic E-state index is 12.7. The van der Waals surface area contributed by atoms with E-state index < -0.39 is 17.9 Å². The Morgan fingerprint density at radius 1 is 1.18 bits per heavy atom. The molecule has 0 aromatic heterocycles. The molecule has 0 aliphatic carbocycles. The highest BCUT2D eigenvalue weighted by Gasteiger charge is 2.34. The molecule has 28 heavy (non-hydrogen) atoms. The second-order valence-electron chi connectivity index (χ2n) is 5.74. The molecule has 2 aromatic rings. The number of ether oxygens (including phenoxy) is 2. The van der Waals surface area contributed by atoms with Gasteiger partial charge < -0.3 is 14.8 Å². The van der Waals surface area contributed by atoms with Crippen LogP contribution in [0.4, 0.5) is 10.5 Å². The average molecular weight is 445 g/mol. The van der Waals surface area contributed by atoms with Crippen molar-refractivity contribution in [1.29, 1.82) is 0 Å². The van der Waals surface area contributed by atoms with Crippen molar-refractivity contribution in [1.82, 2.24) is 5.32 Å². The fourth-order valence-corrected chi connectivity index (χ4v) is 2.98. The lowest BCUT2D eigenvalue weighted by Gasteiger charge is -2.11. The third-order valence-corrected chi connectivity index (χ3v) is 4.31. The zero-order chi connectivity index (χ0) is 20.1. The summed E-state index contributed by atoms with van der Waals surface area (Å²) in [6, 6.07) is 13.2. The summed E-state index contributed by atoms with van der Waals surface area (Å²) in [5.41, 5.74) is 1.10. The van der Waals surface area contributed by atoms with Crippen LogP contribution in [0.3, 0.4) is 0 Å². The standard InChI is InChI=1S/C20H17BrN2O5/c1-2-27-18(24)12-28-17-9-8-14(21)10-13(17)11-16-19(25)23(20(26)22-16)15-6-4-3-5-7-15/h3-11H,2,12H2,1H3,(H,22,26). The monoisotopic (exact) mass is 444 g/mol. The van der Waals surface area contributed by atoms with E-state index in [9.17, 15) is 14.4 Å². The van der Waals surface area contributed by atoms with Crippen molar-refractivity contribution in [2.45, 2.75) is 6.92 Å². The van der Waals surface area contributed by atoms with Crippen LogP contribution >= 0.6 is 15.9 Å². The van der Waals surface area contributed by atoms with Gasteiger partial charge in [-0.05, 0) is 43.3 Å². The number of carbonyl (C=O) groups excluding carboxylic acids is 3. The summed E-state index contributed by atoms with van der Waals surface area (Å²) in [5, 5.41) is 2.57. The molecule has 0 bridgehead atoms. The van der Waals surface area contributed by atoms with Crippen molar-refractivity contribution < 1.29 is 23.9 Å². The molecule has 1 aliphatic rings. The molecule has 0 atom stereocenters. The minimum absolute atomic E-state index is 0.105. The lowest BCUT2D eigenvalue weighted by Crippen LogP contribution is -2.30. The number of esters is 1. The maximum Gasteiger partial charge on any atom is 0.344 e. The van der Waals surface area contributed by atoms with Gasteiger partial charge >= 0.3 is 12.0 Å². The summed E-state index contributed by atoms with van der Waals surface area (Å²) < 4.78 is 11.1. The molecule has 0 saturated carbocycles. The van der Waals surface area contributed by atoms with Gasteiger partial charge in [-0.25, -0.2) is 14.5 Å². The van der Waals surface area contributed by atoms with Crippen LogP contribution in [0.25, 0.3) is 6.08 Å². The molecule has 0 spiro atoms. The number of hydrogen-bond acceptors (Lipinski definition) is 5. The molecule has 1 saturated heterocycles. The molecular formula is C20H17BrN2O5. The largest absolute Gasteiger partial charge is 0.481 e. The first-order chi connectivity index (χ1) is 13.5. The summed E-state index contributed by atoms with van der Waals surface area (Å²) in [5.74, 6) is -0.596. The van der Waals surface area contributed by atoms with Crippen molar-refractivity contribution in [3.63, 3.8) is 0 Å². The first-order valence-corrected chi connectivity index (χ1v) is 9.29. The van der Waals surface area contributed by atoms with Crippen molar-refractivity contribution in [2.75, 3.05) is 18.1 Å². The zero-order valence-electron chi connectivity index (χ0n) is 15.0. The number of halogens is 1. The molecule has 2 aromatic carbocycles. The summed E-state index contributed by atoms with van der Waals surface area (Å²) in [6.45, 7) is 1.71. The highest BCUT2D eigenvalue weighted by Crippen LogP contribution is 2.28. The number of hydrogen-bond donors (Lipinski definition) is 1. The second-order valence-corrected chi connectivity index (χ2v) is 6.66. The van der Waals surface area contributed by atoms with Gasteiger partial charge in [-0.3, -0.25) is 4.79 Å². The number of para-hydroxylation sites is 1. The van der Waals surface area contributed by atoms with Crippen LogP contribution in [0.15, 0.2) is 58.7 Å². The van der Waals surface area contributed by atoms with Gasteiger partial charge in [-0.1, -0.05) is 34.1 Å². The lowest BCUT2D eigenvalue weighted by atomic mass is 10.1. The number of amides is 3. The van der Waals surface area contributed by atoms with E-state index in [1.165, 1.54) is 6.08 Å². The number of nitrogens with zero attached hydrogens (tertiary/aromatic N) is 1. The average Bonchev–Trinajstić information content (AvgIpc) is 2.95. The van der Waals surface area contributed by atoms with Crippen LogP contribution in [0, 0.1) is 0 Å². The van der Waals surface area contributed by atoms with Crippen LogP contribution < -0.4 is 15.0 Å². The fourth-order valence-electron chi connectivity index (χ4n) is 2.61. The molecule has 3 amide bonds. The van der Waals surface area contributed by atoms with Crippen LogP contribution in [0.5, 0.6) is 5.75 Å². The number of anilines is 1. The van der Waals surface area contributed by atoms with Gasteiger partial charge in [-0.2, -0.15) is 0 Å². The van der Waals surface area contributed by atoms with Crippen LogP contribution in [-0.4, -0.2) is 31.1 Å². The number of urea groups is 1. The van der Waals surface area contributed by atoms with E-state index in [-0.39, 0.29) is 18.9 Å². The van der Waals surface area contributed by atoms with E-state index in [1.54, 1.807) is 55.5 Å². The fraction of sp³-hybridized carbons (Fsp3) is 0.150. The summed E-state index contributed by atoms with van der Waals surface area (Å²) in [6.07, 6.45) is 1.51. The minimum Gasteiger partial charge on any atom is -0.481 e. The van der Waals surface area contributed by atoms with E-state index in [2.05, 4.69) is 21.2 Å². The molecule has 0 unspecified atom stereocenters. The predicted molar refractivity (Wildman–Crippen MR) is 107 cm³/mol. The highest BCUT2D eigenvalue weighted by molar-refractivity contribution is 9.10. The van der Waals surface area contributed by atoms with Gasteiger partial charge in [0.25, 0.3) is 5.91 Å². The number of imide groups is 1. The smallest absolute Gasteiger partial charge is 0.344 e. The molecular weight excluding hydrogens is 428 g/mol. The van der Waals surface area contributed by atoms with Crippen molar-refractivity contribution in [3.05, 3.63) is 64.3 Å². The van der Waals surface area contributed by atoms with E-state index in [0.29, 0.717) is 17.0 Å². The van der Waals surface area contributed by atoms with Gasteiger partial charge in [-0.15, -0.1) is 0 Å². The SMILES string of the molecule is CCOC(=O)COc1ccc(Br)cc1C=C1NC(=O)N(c2ccccc2)C1=O. The molecule has 0 radical (unpaired) electrons. The van der Waals surface area contributed by atoms with Gasteiger partial charge in [0.15, 0.2) is 6.61 Å². The third kappa shape index (κ3) is 4.40. The molecule has 1 aliphatic heterocycles. The normalized spacial score (nSPS) is 14.9. The Bertz CT molecular complexity index is 943. The maximum absolute atomic E-state index is 12.7. The Balaban J connectivity index is 1.87. The van der Waals surface area contributed by atoms with E-state index in [4.69, 9.17) is 9.47 Å². The Morgan fingerprint density at radius 3 is 2.64 bits per heavy atom. The molecule has 144 valence electrons. The molecule has 1 heterocycles. The zero-order valence-corrected chi connectivity index (χ0v) is 16.6. The second kappa shape index (κ2) is 8.71. The summed E-state index contributed by atoms with van der Waals surface area (Å²) >= 11 is 3.37. The van der Waals surface area contributed by atoms with E-state index in [1.807, 2.05) is 0 Å². The Labute approximate surface area is 170 Å². The molecule has 3 rings (SSSR count). The topological polar surface area (TPSA) is 84.9 Å². The molecule has 7 nitrogen and oxygen atoms in total. The Hall–Kier alpha value is -3.13. The molecule has 1 fully saturated rings. The summed E-state index contributed by atoms with van der Waals surface area (Å²) in [4.78, 5) is 37.6. The minimum atomic E-state index is -0.536. The lowest BCUT2D eigenvalue weighted by molar-refractivity contribution is -0.145. The number of nitrogens with one attached hydrogen (secondary N) is 1. The van der Waals surface area contributed by atoms with Crippen molar-refractivity contribution >= 4 is 45.6 Å². The van der Waals surface area contributed by atoms with Gasteiger partial charge in [0.2, 0.25) is 0 Å². The summed E-state index contributed by atoms with van der Waals surface area (Å²) in [7, 11) is 0. The quantitative estimate of drug-likeness (QED) is 0.418. The predicted octanol–water partition coefficient (Wildman–Crippen LogP) is 3.49. The van der Waals surface area contributed by atoms with Gasteiger partial charge in [0.1, 0.15) is 11.4 Å². The van der Waals surface area contributed by atoms with E-state index >= 15 is 0 Å². The van der Waals surface area contributed by atoms with Gasteiger partial charge in [0, 0.05) is 10.0 Å². The number of benzene rings is 2. The third-order valence-electron chi connectivity index (χ3n) is 3.82. The first kappa shape index (κ1) is 19.6. The van der Waals surface area contributed by atoms with Crippen molar-refractivity contribution in [3.8, 4) is 5.75 Å². The highest BCUT2D eigenvalue weighted by atomic mass is 79.9. The number of carbonyl (C=O) groups is 3. The van der Waals surface area contributed by atoms with Crippen LogP contribution in [-0.2, 0) is 14.3 Å². The van der Waals surface area contributed by atoms with E-state index in [0.717, 1.165) is 9.37 Å². The first-order valence-electron chi connectivity index (χ1n) is 8.49. The Kier molecular flexibility index (Phi) is 6.10. The van der Waals surface area contributed by atoms with Gasteiger partial charge in [0.05, 0.1) is 12.3 Å². The van der Waals surface area contributed by atoms with Crippen LogP contribution in [0.2, 0.25) is 0 Å². The molecule has 8 heteroatoms.